The van der Waals surface area contributed by atoms with Crippen LogP contribution >= 0.6 is 0 Å². The Kier molecular flexibility index (Phi) is 5.66. The smallest absolute Gasteiger partial charge is 0.377 e. The van der Waals surface area contributed by atoms with E-state index in [0.717, 1.165) is 6.42 Å². The molecule has 0 aromatic rings. The lowest BCUT2D eigenvalue weighted by atomic mass is 10.6. The van der Waals surface area contributed by atoms with E-state index in [1.165, 1.54) is 14.2 Å². The highest BCUT2D eigenvalue weighted by Crippen LogP contribution is 2.15. The van der Waals surface area contributed by atoms with Gasteiger partial charge in [0, 0.05) is 20.3 Å². The van der Waals surface area contributed by atoms with Crippen LogP contribution in [0.2, 0.25) is 6.04 Å². The molecule has 0 radical (unpaired) electrons. The van der Waals surface area contributed by atoms with Gasteiger partial charge in [0.15, 0.2) is 6.86 Å². The molecule has 0 bridgehead atoms. The Labute approximate surface area is 67.8 Å². The fourth-order valence-electron chi connectivity index (χ4n) is 0.867. The van der Waals surface area contributed by atoms with Gasteiger partial charge < -0.3 is 13.3 Å². The Balaban J connectivity index is 3.96. The van der Waals surface area contributed by atoms with Crippen LogP contribution in [0.5, 0.6) is 0 Å². The average Bonchev–Trinajstić information content (AvgIpc) is 2.04. The van der Waals surface area contributed by atoms with Gasteiger partial charge in [-0.15, -0.1) is 0 Å². The van der Waals surface area contributed by atoms with Crippen molar-refractivity contribution >= 4 is 8.80 Å². The van der Waals surface area contributed by atoms with Crippen molar-refractivity contribution in [3.05, 3.63) is 0 Å². The number of rotatable bonds is 6. The molecule has 0 saturated heterocycles. The molecule has 0 unspecified atom stereocenters. The zero-order valence-electron chi connectivity index (χ0n) is 7.22. The summed E-state index contributed by atoms with van der Waals surface area (Å²) in [5, 5.41) is 0. The van der Waals surface area contributed by atoms with E-state index in [2.05, 4.69) is 0 Å². The molecule has 11 heavy (non-hydrogen) atoms. The maximum absolute atomic E-state index is 11.8. The first kappa shape index (κ1) is 11.0. The van der Waals surface area contributed by atoms with Gasteiger partial charge in [0.1, 0.15) is 0 Å². The molecule has 0 aliphatic rings. The van der Waals surface area contributed by atoms with Crippen LogP contribution in [0.1, 0.15) is 13.3 Å². The highest BCUT2D eigenvalue weighted by Gasteiger charge is 2.37. The summed E-state index contributed by atoms with van der Waals surface area (Å²) in [4.78, 5) is 0. The molecule has 0 spiro atoms. The van der Waals surface area contributed by atoms with Crippen LogP contribution in [0.25, 0.3) is 0 Å². The summed E-state index contributed by atoms with van der Waals surface area (Å²) in [7, 11) is 0.356. The normalized spacial score (nSPS) is 12.0. The minimum Gasteiger partial charge on any atom is -0.377 e. The van der Waals surface area contributed by atoms with Gasteiger partial charge in [-0.25, -0.2) is 4.39 Å². The van der Waals surface area contributed by atoms with Crippen LogP contribution < -0.4 is 0 Å². The summed E-state index contributed by atoms with van der Waals surface area (Å²) in [5.41, 5.74) is 0. The summed E-state index contributed by atoms with van der Waals surface area (Å²) >= 11 is 0. The minimum absolute atomic E-state index is 0.657. The van der Waals surface area contributed by atoms with Gasteiger partial charge in [0.25, 0.3) is 0 Å². The Morgan fingerprint density at radius 2 is 1.82 bits per heavy atom. The van der Waals surface area contributed by atoms with Gasteiger partial charge in [-0.1, -0.05) is 13.3 Å². The van der Waals surface area contributed by atoms with Crippen molar-refractivity contribution in [2.24, 2.45) is 0 Å². The van der Waals surface area contributed by atoms with Gasteiger partial charge in [0.05, 0.1) is 0 Å². The van der Waals surface area contributed by atoms with E-state index in [0.29, 0.717) is 6.04 Å². The lowest BCUT2D eigenvalue weighted by molar-refractivity contribution is 0.0576. The lowest BCUT2D eigenvalue weighted by Crippen LogP contribution is -2.43. The largest absolute Gasteiger partial charge is 0.502 e. The maximum Gasteiger partial charge on any atom is 0.502 e. The summed E-state index contributed by atoms with van der Waals surface area (Å²) in [6, 6.07) is 0.657. The van der Waals surface area contributed by atoms with Crippen LogP contribution in [0.3, 0.4) is 0 Å². The Morgan fingerprint density at radius 3 is 2.09 bits per heavy atom. The third kappa shape index (κ3) is 3.28. The summed E-state index contributed by atoms with van der Waals surface area (Å²) in [6.45, 7) is 1.13. The first-order chi connectivity index (χ1) is 5.24. The van der Waals surface area contributed by atoms with Crippen LogP contribution in [-0.4, -0.2) is 29.9 Å². The first-order valence-electron chi connectivity index (χ1n) is 3.55. The zero-order valence-corrected chi connectivity index (χ0v) is 8.22. The molecule has 0 fully saturated rings. The molecule has 5 heteroatoms. The van der Waals surface area contributed by atoms with Crippen molar-refractivity contribution in [2.45, 2.75) is 19.4 Å². The number of alkyl halides is 1. The average molecular weight is 182 g/mol. The maximum atomic E-state index is 11.8. The third-order valence-electron chi connectivity index (χ3n) is 1.45. The van der Waals surface area contributed by atoms with E-state index in [-0.39, 0.29) is 0 Å². The predicted molar refractivity (Wildman–Crippen MR) is 41.9 cm³/mol. The predicted octanol–water partition coefficient (Wildman–Crippen LogP) is 1.57. The van der Waals surface area contributed by atoms with Crippen molar-refractivity contribution in [3.8, 4) is 0 Å². The van der Waals surface area contributed by atoms with Gasteiger partial charge in [-0.3, -0.25) is 0 Å². The van der Waals surface area contributed by atoms with E-state index < -0.39 is 15.7 Å². The first-order valence-corrected chi connectivity index (χ1v) is 5.48. The number of hydrogen-bond acceptors (Lipinski definition) is 3. The summed E-state index contributed by atoms with van der Waals surface area (Å²) in [5.74, 6) is 0. The second-order valence-electron chi connectivity index (χ2n) is 2.09. The minimum atomic E-state index is -2.62. The van der Waals surface area contributed by atoms with Gasteiger partial charge in [-0.2, -0.15) is 0 Å². The van der Waals surface area contributed by atoms with Crippen molar-refractivity contribution in [3.63, 3.8) is 0 Å². The molecular weight excluding hydrogens is 167 g/mol. The van der Waals surface area contributed by atoms with E-state index in [1.54, 1.807) is 0 Å². The monoisotopic (exact) mass is 182 g/mol. The highest BCUT2D eigenvalue weighted by atomic mass is 28.4. The van der Waals surface area contributed by atoms with Gasteiger partial charge in [-0.05, 0) is 0 Å². The second kappa shape index (κ2) is 5.65. The third-order valence-corrected chi connectivity index (χ3v) is 4.36. The Bertz CT molecular complexity index is 89.8. The summed E-state index contributed by atoms with van der Waals surface area (Å²) < 4.78 is 26.7. The number of hydrogen-bond donors (Lipinski definition) is 0. The summed E-state index contributed by atoms with van der Waals surface area (Å²) in [6.07, 6.45) is 0.869. The standard InChI is InChI=1S/C6H15FO3Si/c1-4-5-11(8-2,9-3)10-6-7/h4-6H2,1-3H3. The SMILES string of the molecule is CCC[Si](OC)(OC)OCF. The molecule has 0 aliphatic carbocycles. The molecule has 0 N–H and O–H groups in total. The lowest BCUT2D eigenvalue weighted by Gasteiger charge is -2.23. The molecular formula is C6H15FO3Si. The fourth-order valence-corrected chi connectivity index (χ4v) is 2.60. The van der Waals surface area contributed by atoms with Crippen LogP contribution in [0.4, 0.5) is 4.39 Å². The molecule has 0 aliphatic heterocycles. The Hall–Kier alpha value is 0.0269. The van der Waals surface area contributed by atoms with Crippen molar-refractivity contribution in [2.75, 3.05) is 21.1 Å². The van der Waals surface area contributed by atoms with E-state index in [4.69, 9.17) is 13.3 Å². The van der Waals surface area contributed by atoms with Gasteiger partial charge >= 0.3 is 8.80 Å². The van der Waals surface area contributed by atoms with Crippen LogP contribution in [-0.2, 0) is 13.3 Å². The van der Waals surface area contributed by atoms with Crippen molar-refractivity contribution < 1.29 is 17.7 Å². The fraction of sp³-hybridized carbons (Fsp3) is 1.00. The zero-order chi connectivity index (χ0) is 8.74. The molecule has 0 aromatic carbocycles. The van der Waals surface area contributed by atoms with E-state index in [9.17, 15) is 4.39 Å². The van der Waals surface area contributed by atoms with Crippen molar-refractivity contribution in [1.29, 1.82) is 0 Å². The molecule has 0 atom stereocenters. The van der Waals surface area contributed by atoms with Gasteiger partial charge in [0.2, 0.25) is 0 Å². The molecule has 3 nitrogen and oxygen atoms in total. The second-order valence-corrected chi connectivity index (χ2v) is 5.07. The number of halogens is 1. The van der Waals surface area contributed by atoms with Crippen LogP contribution in [0, 0.1) is 0 Å². The Morgan fingerprint density at radius 1 is 1.27 bits per heavy atom. The molecule has 0 heterocycles. The molecule has 0 aromatic heterocycles. The molecule has 0 saturated carbocycles. The molecule has 0 amide bonds. The topological polar surface area (TPSA) is 27.7 Å². The van der Waals surface area contributed by atoms with E-state index in [1.807, 2.05) is 6.92 Å². The molecule has 68 valence electrons. The van der Waals surface area contributed by atoms with E-state index >= 15 is 0 Å². The quantitative estimate of drug-likeness (QED) is 0.584. The van der Waals surface area contributed by atoms with Crippen LogP contribution in [0.15, 0.2) is 0 Å². The molecule has 0 rings (SSSR count). The highest BCUT2D eigenvalue weighted by molar-refractivity contribution is 6.60. The van der Waals surface area contributed by atoms with Crippen molar-refractivity contribution in [1.82, 2.24) is 0 Å².